The van der Waals surface area contributed by atoms with Gasteiger partial charge in [-0.3, -0.25) is 4.79 Å². The average molecular weight is 419 g/mol. The molecule has 1 aromatic rings. The second-order valence-electron chi connectivity index (χ2n) is 10.1. The molecule has 1 aromatic carbocycles. The first-order valence-corrected chi connectivity index (χ1v) is 12.2. The smallest absolute Gasteiger partial charge is 0.314 e. The Morgan fingerprint density at radius 2 is 1.73 bits per heavy atom. The third-order valence-electron chi connectivity index (χ3n) is 8.35. The van der Waals surface area contributed by atoms with Gasteiger partial charge in [-0.1, -0.05) is 45.4 Å². The predicted molar refractivity (Wildman–Crippen MR) is 114 cm³/mol. The molecule has 4 heteroatoms. The number of carbonyl (C=O) groups is 1. The van der Waals surface area contributed by atoms with E-state index in [4.69, 9.17) is 4.74 Å². The summed E-state index contributed by atoms with van der Waals surface area (Å²) < 4.78 is 32.4. The minimum atomic E-state index is -0.807. The Bertz CT molecular complexity index is 726. The Labute approximate surface area is 179 Å². The highest BCUT2D eigenvalue weighted by molar-refractivity contribution is 5.75. The van der Waals surface area contributed by atoms with Gasteiger partial charge in [0.2, 0.25) is 0 Å². The Kier molecular flexibility index (Phi) is 7.10. The number of fused-ring (bicyclic) bond motifs is 1. The molecular weight excluding hydrogens is 382 g/mol. The van der Waals surface area contributed by atoms with Gasteiger partial charge in [0.05, 0.1) is 5.92 Å². The van der Waals surface area contributed by atoms with E-state index in [1.807, 2.05) is 0 Å². The Hall–Kier alpha value is -1.45. The van der Waals surface area contributed by atoms with Crippen LogP contribution in [0.25, 0.3) is 0 Å². The van der Waals surface area contributed by atoms with Gasteiger partial charge in [-0.25, -0.2) is 8.78 Å². The average Bonchev–Trinajstić information content (AvgIpc) is 2.75. The lowest BCUT2D eigenvalue weighted by Crippen LogP contribution is -2.40. The molecule has 0 radical (unpaired) electrons. The Balaban J connectivity index is 1.34. The molecule has 0 aromatic heterocycles. The molecule has 166 valence electrons. The van der Waals surface area contributed by atoms with Crippen molar-refractivity contribution in [1.82, 2.24) is 0 Å². The molecule has 4 rings (SSSR count). The molecule has 0 heterocycles. The van der Waals surface area contributed by atoms with Crippen molar-refractivity contribution in [3.8, 4) is 5.75 Å². The van der Waals surface area contributed by atoms with Crippen molar-refractivity contribution in [3.05, 3.63) is 29.8 Å². The number of rotatable bonds is 5. The van der Waals surface area contributed by atoms with Crippen molar-refractivity contribution in [3.63, 3.8) is 0 Å². The molecule has 2 nitrogen and oxygen atoms in total. The van der Waals surface area contributed by atoms with Gasteiger partial charge < -0.3 is 4.74 Å². The maximum absolute atomic E-state index is 13.9. The van der Waals surface area contributed by atoms with E-state index in [0.717, 1.165) is 49.1 Å². The number of carbonyl (C=O) groups excluding carboxylic acids is 1. The lowest BCUT2D eigenvalue weighted by molar-refractivity contribution is -0.144. The van der Waals surface area contributed by atoms with Crippen LogP contribution in [-0.2, 0) is 4.79 Å². The zero-order valence-electron chi connectivity index (χ0n) is 18.3. The van der Waals surface area contributed by atoms with Crippen molar-refractivity contribution in [2.24, 2.45) is 35.5 Å². The fraction of sp³-hybridized carbons (Fsp3) is 0.731. The van der Waals surface area contributed by atoms with Gasteiger partial charge in [0.25, 0.3) is 0 Å². The number of benzene rings is 1. The standard InChI is InChI=1S/C26H36F2O2/c1-2-4-17-7-9-18(10-8-17)19-11-13-22-20(15-19)5-3-6-23(22)26(29)30-25-14-12-21(27)16-24(25)28/h12,14,16-20,22-23H,2-11,13,15H2,1H3. The topological polar surface area (TPSA) is 26.3 Å². The molecule has 0 amide bonds. The van der Waals surface area contributed by atoms with Crippen molar-refractivity contribution in [2.45, 2.75) is 84.0 Å². The van der Waals surface area contributed by atoms with Crippen LogP contribution in [0, 0.1) is 47.1 Å². The third-order valence-corrected chi connectivity index (χ3v) is 8.35. The minimum absolute atomic E-state index is 0.144. The summed E-state index contributed by atoms with van der Waals surface area (Å²) in [6.45, 7) is 2.29. The zero-order valence-corrected chi connectivity index (χ0v) is 18.3. The zero-order chi connectivity index (χ0) is 21.1. The minimum Gasteiger partial charge on any atom is -0.423 e. The second kappa shape index (κ2) is 9.78. The van der Waals surface area contributed by atoms with Crippen molar-refractivity contribution in [2.75, 3.05) is 0 Å². The van der Waals surface area contributed by atoms with Gasteiger partial charge in [0.15, 0.2) is 11.6 Å². The van der Waals surface area contributed by atoms with Gasteiger partial charge in [0, 0.05) is 6.07 Å². The van der Waals surface area contributed by atoms with Crippen LogP contribution in [0.3, 0.4) is 0 Å². The molecular formula is C26H36F2O2. The summed E-state index contributed by atoms with van der Waals surface area (Å²) in [4.78, 5) is 12.9. The largest absolute Gasteiger partial charge is 0.423 e. The summed E-state index contributed by atoms with van der Waals surface area (Å²) in [5.41, 5.74) is 0. The van der Waals surface area contributed by atoms with E-state index < -0.39 is 11.6 Å². The number of esters is 1. The van der Waals surface area contributed by atoms with Crippen molar-refractivity contribution >= 4 is 5.97 Å². The van der Waals surface area contributed by atoms with Crippen LogP contribution in [0.5, 0.6) is 5.75 Å². The first-order valence-electron chi connectivity index (χ1n) is 12.2. The first kappa shape index (κ1) is 21.8. The van der Waals surface area contributed by atoms with Gasteiger partial charge in [-0.15, -0.1) is 0 Å². The number of hydrogen-bond acceptors (Lipinski definition) is 2. The summed E-state index contributed by atoms with van der Waals surface area (Å²) in [5, 5.41) is 0. The normalized spacial score (nSPS) is 34.2. The van der Waals surface area contributed by atoms with Crippen LogP contribution in [0.4, 0.5) is 8.78 Å². The number of ether oxygens (including phenoxy) is 1. The van der Waals surface area contributed by atoms with E-state index >= 15 is 0 Å². The van der Waals surface area contributed by atoms with Crippen LogP contribution in [0.15, 0.2) is 18.2 Å². The summed E-state index contributed by atoms with van der Waals surface area (Å²) in [7, 11) is 0. The van der Waals surface area contributed by atoms with Crippen LogP contribution >= 0.6 is 0 Å². The van der Waals surface area contributed by atoms with Crippen LogP contribution in [0.2, 0.25) is 0 Å². The summed E-state index contributed by atoms with van der Waals surface area (Å²) >= 11 is 0. The van der Waals surface area contributed by atoms with E-state index in [0.29, 0.717) is 11.8 Å². The molecule has 0 aliphatic heterocycles. The fourth-order valence-corrected chi connectivity index (χ4v) is 6.82. The molecule has 0 spiro atoms. The maximum Gasteiger partial charge on any atom is 0.314 e. The first-order chi connectivity index (χ1) is 14.5. The highest BCUT2D eigenvalue weighted by Crippen LogP contribution is 2.50. The van der Waals surface area contributed by atoms with Gasteiger partial charge in [-0.05, 0) is 80.2 Å². The number of hydrogen-bond donors (Lipinski definition) is 0. The molecule has 0 bridgehead atoms. The Morgan fingerprint density at radius 1 is 0.967 bits per heavy atom. The third kappa shape index (κ3) is 4.89. The molecule has 4 atom stereocenters. The molecule has 0 N–H and O–H groups in total. The molecule has 0 saturated heterocycles. The van der Waals surface area contributed by atoms with E-state index in [2.05, 4.69) is 6.92 Å². The molecule has 3 aliphatic rings. The van der Waals surface area contributed by atoms with Crippen molar-refractivity contribution in [1.29, 1.82) is 0 Å². The summed E-state index contributed by atoms with van der Waals surface area (Å²) in [6, 6.07) is 3.12. The van der Waals surface area contributed by atoms with Gasteiger partial charge in [-0.2, -0.15) is 0 Å². The van der Waals surface area contributed by atoms with Crippen LogP contribution in [0.1, 0.15) is 84.0 Å². The monoisotopic (exact) mass is 418 g/mol. The lowest BCUT2D eigenvalue weighted by atomic mass is 9.59. The fourth-order valence-electron chi connectivity index (χ4n) is 6.82. The molecule has 3 aliphatic carbocycles. The SMILES string of the molecule is CCCC1CCC(C2CCC3C(CCCC3C(=O)Oc3ccc(F)cc3F)C2)CC1. The lowest BCUT2D eigenvalue weighted by Gasteiger charge is -2.46. The van der Waals surface area contributed by atoms with E-state index in [1.54, 1.807) is 0 Å². The predicted octanol–water partition coefficient (Wildman–Crippen LogP) is 7.31. The number of halogens is 2. The second-order valence-corrected chi connectivity index (χ2v) is 10.1. The van der Waals surface area contributed by atoms with E-state index in [1.165, 1.54) is 63.9 Å². The highest BCUT2D eigenvalue weighted by atomic mass is 19.1. The van der Waals surface area contributed by atoms with Crippen LogP contribution in [-0.4, -0.2) is 5.97 Å². The van der Waals surface area contributed by atoms with Gasteiger partial charge in [0.1, 0.15) is 5.82 Å². The van der Waals surface area contributed by atoms with Crippen molar-refractivity contribution < 1.29 is 18.3 Å². The Morgan fingerprint density at radius 3 is 2.47 bits per heavy atom. The van der Waals surface area contributed by atoms with Crippen LogP contribution < -0.4 is 4.74 Å². The molecule has 30 heavy (non-hydrogen) atoms. The maximum atomic E-state index is 13.9. The van der Waals surface area contributed by atoms with E-state index in [9.17, 15) is 13.6 Å². The van der Waals surface area contributed by atoms with Gasteiger partial charge >= 0.3 is 5.97 Å². The summed E-state index contributed by atoms with van der Waals surface area (Å²) in [6.07, 6.45) is 14.9. The molecule has 4 unspecified atom stereocenters. The highest BCUT2D eigenvalue weighted by Gasteiger charge is 2.43. The molecule has 3 saturated carbocycles. The summed E-state index contributed by atoms with van der Waals surface area (Å²) in [5.74, 6) is 1.51. The quantitative estimate of drug-likeness (QED) is 0.370. The molecule has 3 fully saturated rings. The van der Waals surface area contributed by atoms with E-state index in [-0.39, 0.29) is 17.6 Å².